The van der Waals surface area contributed by atoms with E-state index in [0.717, 1.165) is 5.01 Å². The molecule has 1 heterocycles. The number of thiazole rings is 1. The predicted octanol–water partition coefficient (Wildman–Crippen LogP) is 1.21. The second kappa shape index (κ2) is 2.94. The van der Waals surface area contributed by atoms with Crippen LogP contribution in [0, 0.1) is 0 Å². The summed E-state index contributed by atoms with van der Waals surface area (Å²) in [7, 11) is 0. The van der Waals surface area contributed by atoms with Crippen molar-refractivity contribution in [2.45, 2.75) is 12.8 Å². The fourth-order valence-electron chi connectivity index (χ4n) is 0.579. The highest BCUT2D eigenvalue weighted by Gasteiger charge is 2.03. The molecular formula is C6H10N2S. The molecule has 3 heteroatoms. The van der Waals surface area contributed by atoms with Crippen LogP contribution in [0.4, 0.5) is 0 Å². The van der Waals surface area contributed by atoms with E-state index in [2.05, 4.69) is 11.9 Å². The summed E-state index contributed by atoms with van der Waals surface area (Å²) in [5.41, 5.74) is 5.43. The van der Waals surface area contributed by atoms with E-state index in [1.165, 1.54) is 0 Å². The molecule has 9 heavy (non-hydrogen) atoms. The third-order valence-electron chi connectivity index (χ3n) is 1.23. The Morgan fingerprint density at radius 2 is 2.67 bits per heavy atom. The summed E-state index contributed by atoms with van der Waals surface area (Å²) in [6.07, 6.45) is 1.81. The van der Waals surface area contributed by atoms with Crippen molar-refractivity contribution in [2.75, 3.05) is 6.54 Å². The molecule has 0 saturated heterocycles. The van der Waals surface area contributed by atoms with Crippen LogP contribution in [0.3, 0.4) is 0 Å². The minimum atomic E-state index is 0.421. The zero-order valence-corrected chi connectivity index (χ0v) is 6.19. The number of nitrogens with zero attached hydrogens (tertiary/aromatic N) is 1. The minimum absolute atomic E-state index is 0.421. The van der Waals surface area contributed by atoms with Gasteiger partial charge >= 0.3 is 0 Å². The Hall–Kier alpha value is -0.410. The van der Waals surface area contributed by atoms with Crippen molar-refractivity contribution in [3.05, 3.63) is 16.6 Å². The number of aromatic nitrogens is 1. The van der Waals surface area contributed by atoms with Crippen molar-refractivity contribution >= 4 is 11.3 Å². The second-order valence-corrected chi connectivity index (χ2v) is 2.93. The normalized spacial score (nSPS) is 13.6. The van der Waals surface area contributed by atoms with Gasteiger partial charge in [-0.05, 0) is 0 Å². The van der Waals surface area contributed by atoms with Crippen molar-refractivity contribution in [3.8, 4) is 0 Å². The number of hydrogen-bond donors (Lipinski definition) is 1. The summed E-state index contributed by atoms with van der Waals surface area (Å²) in [5.74, 6) is 0.421. The Balaban J connectivity index is 2.65. The molecular weight excluding hydrogens is 132 g/mol. The van der Waals surface area contributed by atoms with E-state index in [-0.39, 0.29) is 0 Å². The van der Waals surface area contributed by atoms with Gasteiger partial charge in [0.1, 0.15) is 0 Å². The largest absolute Gasteiger partial charge is 0.330 e. The van der Waals surface area contributed by atoms with Gasteiger partial charge in [0.05, 0.1) is 5.01 Å². The number of nitrogens with two attached hydrogens (primary N) is 1. The maximum atomic E-state index is 5.43. The third-order valence-corrected chi connectivity index (χ3v) is 2.23. The first-order valence-corrected chi connectivity index (χ1v) is 3.82. The predicted molar refractivity (Wildman–Crippen MR) is 39.6 cm³/mol. The Morgan fingerprint density at radius 1 is 1.89 bits per heavy atom. The maximum absolute atomic E-state index is 5.43. The summed E-state index contributed by atoms with van der Waals surface area (Å²) >= 11 is 1.66. The summed E-state index contributed by atoms with van der Waals surface area (Å²) in [5, 5.41) is 3.11. The van der Waals surface area contributed by atoms with Crippen LogP contribution in [0.2, 0.25) is 0 Å². The van der Waals surface area contributed by atoms with Gasteiger partial charge in [0, 0.05) is 24.0 Å². The van der Waals surface area contributed by atoms with Gasteiger partial charge in [-0.2, -0.15) is 0 Å². The molecule has 1 aromatic heterocycles. The molecule has 1 unspecified atom stereocenters. The van der Waals surface area contributed by atoms with Gasteiger partial charge in [0.25, 0.3) is 0 Å². The summed E-state index contributed by atoms with van der Waals surface area (Å²) in [6, 6.07) is 0. The quantitative estimate of drug-likeness (QED) is 0.674. The van der Waals surface area contributed by atoms with Crippen LogP contribution in [0.25, 0.3) is 0 Å². The Bertz CT molecular complexity index is 160. The molecule has 1 aromatic rings. The Kier molecular flexibility index (Phi) is 2.19. The number of rotatable bonds is 2. The highest BCUT2D eigenvalue weighted by molar-refractivity contribution is 7.09. The monoisotopic (exact) mass is 142 g/mol. The molecule has 2 N–H and O–H groups in total. The van der Waals surface area contributed by atoms with E-state index < -0.39 is 0 Å². The molecule has 0 fully saturated rings. The van der Waals surface area contributed by atoms with E-state index in [1.807, 2.05) is 11.6 Å². The molecule has 0 bridgehead atoms. The van der Waals surface area contributed by atoms with Crippen LogP contribution in [0.1, 0.15) is 17.8 Å². The maximum Gasteiger partial charge on any atom is 0.0965 e. The van der Waals surface area contributed by atoms with E-state index in [1.54, 1.807) is 11.3 Å². The molecule has 0 aliphatic rings. The van der Waals surface area contributed by atoms with Gasteiger partial charge in [-0.3, -0.25) is 0 Å². The molecule has 1 rings (SSSR count). The first kappa shape index (κ1) is 6.71. The van der Waals surface area contributed by atoms with Gasteiger partial charge in [-0.15, -0.1) is 11.3 Å². The fraction of sp³-hybridized carbons (Fsp3) is 0.500. The SMILES string of the molecule is CC(CN)c1nccs1. The fourth-order valence-corrected chi connectivity index (χ4v) is 1.29. The van der Waals surface area contributed by atoms with E-state index in [4.69, 9.17) is 5.73 Å². The molecule has 0 amide bonds. The molecule has 0 radical (unpaired) electrons. The average molecular weight is 142 g/mol. The van der Waals surface area contributed by atoms with Crippen molar-refractivity contribution < 1.29 is 0 Å². The van der Waals surface area contributed by atoms with E-state index >= 15 is 0 Å². The van der Waals surface area contributed by atoms with Gasteiger partial charge in [-0.1, -0.05) is 6.92 Å². The lowest BCUT2D eigenvalue weighted by Crippen LogP contribution is -2.08. The highest BCUT2D eigenvalue weighted by atomic mass is 32.1. The Morgan fingerprint density at radius 3 is 3.11 bits per heavy atom. The van der Waals surface area contributed by atoms with Crippen molar-refractivity contribution in [1.29, 1.82) is 0 Å². The van der Waals surface area contributed by atoms with Gasteiger partial charge < -0.3 is 5.73 Å². The number of hydrogen-bond acceptors (Lipinski definition) is 3. The zero-order valence-electron chi connectivity index (χ0n) is 5.37. The minimum Gasteiger partial charge on any atom is -0.330 e. The Labute approximate surface area is 58.7 Å². The van der Waals surface area contributed by atoms with Crippen molar-refractivity contribution in [2.24, 2.45) is 5.73 Å². The molecule has 2 nitrogen and oxygen atoms in total. The van der Waals surface area contributed by atoms with Crippen molar-refractivity contribution in [3.63, 3.8) is 0 Å². The van der Waals surface area contributed by atoms with Crippen LogP contribution >= 0.6 is 11.3 Å². The van der Waals surface area contributed by atoms with Crippen LogP contribution in [-0.2, 0) is 0 Å². The van der Waals surface area contributed by atoms with Gasteiger partial charge in [-0.25, -0.2) is 4.98 Å². The molecule has 0 aliphatic carbocycles. The summed E-state index contributed by atoms with van der Waals surface area (Å²) < 4.78 is 0. The average Bonchev–Trinajstić information content (AvgIpc) is 2.37. The smallest absolute Gasteiger partial charge is 0.0965 e. The standard InChI is InChI=1S/C6H10N2S/c1-5(4-7)6-8-2-3-9-6/h2-3,5H,4,7H2,1H3. The second-order valence-electron chi connectivity index (χ2n) is 2.01. The van der Waals surface area contributed by atoms with Gasteiger partial charge in [0.15, 0.2) is 0 Å². The lowest BCUT2D eigenvalue weighted by molar-refractivity contribution is 0.766. The molecule has 0 spiro atoms. The summed E-state index contributed by atoms with van der Waals surface area (Å²) in [4.78, 5) is 4.13. The highest BCUT2D eigenvalue weighted by Crippen LogP contribution is 2.15. The van der Waals surface area contributed by atoms with Crippen LogP contribution < -0.4 is 5.73 Å². The topological polar surface area (TPSA) is 38.9 Å². The lowest BCUT2D eigenvalue weighted by atomic mass is 10.2. The van der Waals surface area contributed by atoms with E-state index in [9.17, 15) is 0 Å². The molecule has 0 saturated carbocycles. The molecule has 1 atom stereocenters. The van der Waals surface area contributed by atoms with Crippen LogP contribution in [-0.4, -0.2) is 11.5 Å². The first-order valence-electron chi connectivity index (χ1n) is 2.94. The van der Waals surface area contributed by atoms with Gasteiger partial charge in [0.2, 0.25) is 0 Å². The van der Waals surface area contributed by atoms with Crippen LogP contribution in [0.15, 0.2) is 11.6 Å². The first-order chi connectivity index (χ1) is 4.34. The van der Waals surface area contributed by atoms with Crippen molar-refractivity contribution in [1.82, 2.24) is 4.98 Å². The third kappa shape index (κ3) is 1.50. The van der Waals surface area contributed by atoms with E-state index in [0.29, 0.717) is 12.5 Å². The molecule has 0 aliphatic heterocycles. The summed E-state index contributed by atoms with van der Waals surface area (Å²) in [6.45, 7) is 2.77. The lowest BCUT2D eigenvalue weighted by Gasteiger charge is -2.00. The molecule has 0 aromatic carbocycles. The zero-order chi connectivity index (χ0) is 6.69. The molecule has 50 valence electrons. The van der Waals surface area contributed by atoms with Crippen LogP contribution in [0.5, 0.6) is 0 Å².